The lowest BCUT2D eigenvalue weighted by Crippen LogP contribution is -2.08. The Hall–Kier alpha value is -1.69. The Labute approximate surface area is 80.1 Å². The van der Waals surface area contributed by atoms with E-state index in [4.69, 9.17) is 4.52 Å². The van der Waals surface area contributed by atoms with Crippen LogP contribution >= 0.6 is 0 Å². The molecule has 6 heteroatoms. The molecule has 0 aliphatic rings. The van der Waals surface area contributed by atoms with Crippen molar-refractivity contribution >= 4 is 0 Å². The van der Waals surface area contributed by atoms with Gasteiger partial charge in [-0.15, -0.1) is 5.10 Å². The molecular weight excluding hydrogens is 184 g/mol. The van der Waals surface area contributed by atoms with Gasteiger partial charge in [0.15, 0.2) is 5.76 Å². The maximum Gasteiger partial charge on any atom is 0.158 e. The monoisotopic (exact) mass is 194 g/mol. The van der Waals surface area contributed by atoms with Gasteiger partial charge in [-0.1, -0.05) is 10.4 Å². The Balaban J connectivity index is 2.21. The molecule has 0 aliphatic heterocycles. The van der Waals surface area contributed by atoms with Crippen molar-refractivity contribution in [3.63, 3.8) is 0 Å². The van der Waals surface area contributed by atoms with Crippen molar-refractivity contribution in [3.8, 4) is 0 Å². The predicted molar refractivity (Wildman–Crippen MR) is 46.3 cm³/mol. The molecule has 2 heterocycles. The van der Waals surface area contributed by atoms with Gasteiger partial charge >= 0.3 is 0 Å². The van der Waals surface area contributed by atoms with Crippen molar-refractivity contribution in [2.75, 3.05) is 0 Å². The minimum atomic E-state index is -0.590. The summed E-state index contributed by atoms with van der Waals surface area (Å²) in [6.45, 7) is 2.09. The summed E-state index contributed by atoms with van der Waals surface area (Å²) in [6.07, 6.45) is 2.50. The van der Waals surface area contributed by atoms with Crippen molar-refractivity contribution in [3.05, 3.63) is 29.9 Å². The van der Waals surface area contributed by atoms with E-state index in [1.807, 2.05) is 0 Å². The summed E-state index contributed by atoms with van der Waals surface area (Å²) < 4.78 is 6.50. The molecule has 1 N–H and O–H groups in total. The zero-order valence-corrected chi connectivity index (χ0v) is 7.66. The van der Waals surface area contributed by atoms with E-state index in [2.05, 4.69) is 15.5 Å². The third-order valence-corrected chi connectivity index (χ3v) is 1.87. The number of hydrogen-bond acceptors (Lipinski definition) is 5. The average molecular weight is 194 g/mol. The summed E-state index contributed by atoms with van der Waals surface area (Å²) in [5.41, 5.74) is 0.654. The van der Waals surface area contributed by atoms with Gasteiger partial charge in [-0.05, 0) is 6.92 Å². The van der Waals surface area contributed by atoms with E-state index in [1.165, 1.54) is 6.20 Å². The zero-order chi connectivity index (χ0) is 9.97. The largest absolute Gasteiger partial charge is 0.387 e. The number of hydrogen-bond donors (Lipinski definition) is 1. The third kappa shape index (κ3) is 1.64. The number of aromatic nitrogens is 4. The lowest BCUT2D eigenvalue weighted by Gasteiger charge is -2.05. The van der Waals surface area contributed by atoms with Crippen LogP contribution in [0.4, 0.5) is 0 Å². The molecule has 74 valence electrons. The van der Waals surface area contributed by atoms with Gasteiger partial charge in [0.25, 0.3) is 0 Å². The molecule has 0 radical (unpaired) electrons. The number of aliphatic hydroxyl groups excluding tert-OH is 1. The first kappa shape index (κ1) is 8.89. The summed E-state index contributed by atoms with van der Waals surface area (Å²) in [6, 6.07) is 1.74. The van der Waals surface area contributed by atoms with Gasteiger partial charge in [0.05, 0.1) is 24.2 Å². The lowest BCUT2D eigenvalue weighted by molar-refractivity contribution is 0.187. The molecule has 0 aliphatic carbocycles. The summed E-state index contributed by atoms with van der Waals surface area (Å²) in [5.74, 6) is 0.678. The second-order valence-electron chi connectivity index (χ2n) is 2.97. The van der Waals surface area contributed by atoms with Crippen molar-refractivity contribution in [1.82, 2.24) is 20.2 Å². The van der Waals surface area contributed by atoms with Gasteiger partial charge in [0.2, 0.25) is 0 Å². The van der Waals surface area contributed by atoms with Gasteiger partial charge in [-0.2, -0.15) is 0 Å². The van der Waals surface area contributed by atoms with Gasteiger partial charge in [-0.3, -0.25) is 0 Å². The molecule has 0 amide bonds. The van der Waals surface area contributed by atoms with Crippen LogP contribution in [0.2, 0.25) is 0 Å². The topological polar surface area (TPSA) is 77.0 Å². The maximum atomic E-state index is 9.37. The molecule has 0 saturated heterocycles. The highest BCUT2D eigenvalue weighted by molar-refractivity contribution is 5.01. The van der Waals surface area contributed by atoms with E-state index >= 15 is 0 Å². The lowest BCUT2D eigenvalue weighted by atomic mass is 10.3. The fourth-order valence-electron chi connectivity index (χ4n) is 1.18. The third-order valence-electron chi connectivity index (χ3n) is 1.87. The zero-order valence-electron chi connectivity index (χ0n) is 7.66. The van der Waals surface area contributed by atoms with Gasteiger partial charge in [0, 0.05) is 6.07 Å². The molecule has 0 aromatic carbocycles. The van der Waals surface area contributed by atoms with Crippen LogP contribution in [0.5, 0.6) is 0 Å². The van der Waals surface area contributed by atoms with E-state index < -0.39 is 6.10 Å². The van der Waals surface area contributed by atoms with E-state index in [-0.39, 0.29) is 0 Å². The quantitative estimate of drug-likeness (QED) is 0.763. The molecule has 0 bridgehead atoms. The molecule has 2 aromatic heterocycles. The second kappa shape index (κ2) is 3.59. The van der Waals surface area contributed by atoms with Crippen LogP contribution in [0.15, 0.2) is 23.0 Å². The second-order valence-corrected chi connectivity index (χ2v) is 2.97. The van der Waals surface area contributed by atoms with Crippen LogP contribution in [0, 0.1) is 0 Å². The first-order valence-corrected chi connectivity index (χ1v) is 4.23. The van der Waals surface area contributed by atoms with Crippen LogP contribution in [-0.4, -0.2) is 25.3 Å². The van der Waals surface area contributed by atoms with Crippen LogP contribution in [0.25, 0.3) is 0 Å². The highest BCUT2D eigenvalue weighted by Crippen LogP contribution is 2.11. The summed E-state index contributed by atoms with van der Waals surface area (Å²) in [7, 11) is 0. The first-order chi connectivity index (χ1) is 6.77. The molecule has 0 spiro atoms. The van der Waals surface area contributed by atoms with E-state index in [9.17, 15) is 5.11 Å². The SMILES string of the molecule is CC(O)c1cnnn1Cc1ccno1. The summed E-state index contributed by atoms with van der Waals surface area (Å²) in [5, 5.41) is 20.5. The molecule has 2 aromatic rings. The standard InChI is InChI=1S/C8H10N4O2/c1-6(13)8-4-9-11-12(8)5-7-2-3-10-14-7/h2-4,6,13H,5H2,1H3. The van der Waals surface area contributed by atoms with E-state index in [0.29, 0.717) is 18.0 Å². The molecule has 14 heavy (non-hydrogen) atoms. The normalized spacial score (nSPS) is 13.0. The van der Waals surface area contributed by atoms with Crippen molar-refractivity contribution in [2.24, 2.45) is 0 Å². The molecule has 2 rings (SSSR count). The fraction of sp³-hybridized carbons (Fsp3) is 0.375. The molecule has 0 fully saturated rings. The van der Waals surface area contributed by atoms with Gasteiger partial charge in [0.1, 0.15) is 6.54 Å². The summed E-state index contributed by atoms with van der Waals surface area (Å²) in [4.78, 5) is 0. The van der Waals surface area contributed by atoms with Gasteiger partial charge in [-0.25, -0.2) is 4.68 Å². The number of nitrogens with zero attached hydrogens (tertiary/aromatic N) is 4. The van der Waals surface area contributed by atoms with Crippen LogP contribution in [0.3, 0.4) is 0 Å². The molecule has 6 nitrogen and oxygen atoms in total. The van der Waals surface area contributed by atoms with E-state index in [0.717, 1.165) is 0 Å². The van der Waals surface area contributed by atoms with Crippen LogP contribution < -0.4 is 0 Å². The van der Waals surface area contributed by atoms with E-state index in [1.54, 1.807) is 23.9 Å². The Bertz CT molecular complexity index is 393. The van der Waals surface area contributed by atoms with Gasteiger partial charge < -0.3 is 9.63 Å². The smallest absolute Gasteiger partial charge is 0.158 e. The fourth-order valence-corrected chi connectivity index (χ4v) is 1.18. The maximum absolute atomic E-state index is 9.37. The first-order valence-electron chi connectivity index (χ1n) is 4.23. The molecular formula is C8H10N4O2. The van der Waals surface area contributed by atoms with Crippen molar-refractivity contribution in [2.45, 2.75) is 19.6 Å². The predicted octanol–water partition coefficient (Wildman–Crippen LogP) is 0.368. The van der Waals surface area contributed by atoms with Crippen LogP contribution in [-0.2, 0) is 6.54 Å². The molecule has 1 atom stereocenters. The Morgan fingerprint density at radius 3 is 3.14 bits per heavy atom. The Morgan fingerprint density at radius 2 is 2.50 bits per heavy atom. The van der Waals surface area contributed by atoms with Crippen LogP contribution in [0.1, 0.15) is 24.5 Å². The average Bonchev–Trinajstić information content (AvgIpc) is 2.75. The molecule has 0 saturated carbocycles. The van der Waals surface area contributed by atoms with Crippen molar-refractivity contribution < 1.29 is 9.63 Å². The highest BCUT2D eigenvalue weighted by atomic mass is 16.5. The molecule has 1 unspecified atom stereocenters. The Morgan fingerprint density at radius 1 is 1.64 bits per heavy atom. The highest BCUT2D eigenvalue weighted by Gasteiger charge is 2.10. The minimum Gasteiger partial charge on any atom is -0.387 e. The number of aliphatic hydroxyl groups is 1. The number of rotatable bonds is 3. The minimum absolute atomic E-state index is 0.431. The summed E-state index contributed by atoms with van der Waals surface area (Å²) >= 11 is 0. The van der Waals surface area contributed by atoms with Crippen molar-refractivity contribution in [1.29, 1.82) is 0 Å². The Kier molecular flexibility index (Phi) is 2.28.